The van der Waals surface area contributed by atoms with Gasteiger partial charge in [0.2, 0.25) is 0 Å². The van der Waals surface area contributed by atoms with E-state index in [-0.39, 0.29) is 6.61 Å². The summed E-state index contributed by atoms with van der Waals surface area (Å²) in [5.41, 5.74) is 2.61. The molecular weight excluding hydrogens is 305 g/mol. The number of aliphatic hydroxyl groups is 1. The van der Waals surface area contributed by atoms with E-state index in [1.165, 1.54) is 0 Å². The number of halogens is 1. The zero-order valence-corrected chi connectivity index (χ0v) is 10.3. The Morgan fingerprint density at radius 1 is 1.53 bits per heavy atom. The first-order valence-electron chi connectivity index (χ1n) is 4.46. The van der Waals surface area contributed by atoms with E-state index in [9.17, 15) is 5.11 Å². The first-order chi connectivity index (χ1) is 7.24. The van der Waals surface area contributed by atoms with Gasteiger partial charge in [0.05, 0.1) is 27.8 Å². The normalized spacial score (nSPS) is 10.6. The molecule has 2 aromatic rings. The van der Waals surface area contributed by atoms with E-state index in [1.54, 1.807) is 17.1 Å². The van der Waals surface area contributed by atoms with Gasteiger partial charge in [0, 0.05) is 18.8 Å². The molecule has 0 amide bonds. The van der Waals surface area contributed by atoms with Gasteiger partial charge < -0.3 is 5.11 Å². The second-order valence-corrected chi connectivity index (χ2v) is 4.28. The minimum atomic E-state index is -0.0581. The molecule has 0 aliphatic rings. The molecule has 15 heavy (non-hydrogen) atoms. The van der Waals surface area contributed by atoms with Crippen LogP contribution in [0.4, 0.5) is 0 Å². The van der Waals surface area contributed by atoms with Gasteiger partial charge in [0.25, 0.3) is 0 Å². The van der Waals surface area contributed by atoms with Gasteiger partial charge in [-0.2, -0.15) is 5.10 Å². The fourth-order valence-electron chi connectivity index (χ4n) is 1.49. The van der Waals surface area contributed by atoms with E-state index in [0.29, 0.717) is 5.69 Å². The van der Waals surface area contributed by atoms with Gasteiger partial charge in [0.15, 0.2) is 0 Å². The Morgan fingerprint density at radius 3 is 2.93 bits per heavy atom. The molecular formula is C10H10IN3O. The van der Waals surface area contributed by atoms with Gasteiger partial charge in [-0.05, 0) is 34.7 Å². The third-order valence-electron chi connectivity index (χ3n) is 2.19. The minimum Gasteiger partial charge on any atom is -0.390 e. The first-order valence-corrected chi connectivity index (χ1v) is 5.54. The topological polar surface area (TPSA) is 50.9 Å². The molecule has 0 aliphatic heterocycles. The van der Waals surface area contributed by atoms with Crippen LogP contribution in [-0.2, 0) is 13.7 Å². The van der Waals surface area contributed by atoms with E-state index in [4.69, 9.17) is 0 Å². The van der Waals surface area contributed by atoms with Crippen LogP contribution in [0.2, 0.25) is 0 Å². The number of aliphatic hydroxyl groups excluding tert-OH is 1. The average molecular weight is 315 g/mol. The van der Waals surface area contributed by atoms with Crippen LogP contribution in [0.15, 0.2) is 24.5 Å². The molecule has 1 N–H and O–H groups in total. The molecule has 0 unspecified atom stereocenters. The number of pyridine rings is 1. The van der Waals surface area contributed by atoms with Crippen LogP contribution in [0.25, 0.3) is 11.3 Å². The molecule has 0 spiro atoms. The van der Waals surface area contributed by atoms with E-state index in [2.05, 4.69) is 32.7 Å². The smallest absolute Gasteiger partial charge is 0.0859 e. The fraction of sp³-hybridized carbons (Fsp3) is 0.200. The lowest BCUT2D eigenvalue weighted by atomic mass is 10.1. The summed E-state index contributed by atoms with van der Waals surface area (Å²) >= 11 is 2.22. The molecule has 0 saturated heterocycles. The van der Waals surface area contributed by atoms with Crippen molar-refractivity contribution in [1.82, 2.24) is 14.8 Å². The van der Waals surface area contributed by atoms with Gasteiger partial charge in [0.1, 0.15) is 0 Å². The van der Waals surface area contributed by atoms with Crippen molar-refractivity contribution in [3.8, 4) is 11.3 Å². The van der Waals surface area contributed by atoms with Crippen LogP contribution >= 0.6 is 22.6 Å². The van der Waals surface area contributed by atoms with Crippen molar-refractivity contribution < 1.29 is 5.11 Å². The highest BCUT2D eigenvalue weighted by molar-refractivity contribution is 14.1. The highest BCUT2D eigenvalue weighted by atomic mass is 127. The molecule has 0 aromatic carbocycles. The lowest BCUT2D eigenvalue weighted by molar-refractivity contribution is 0.277. The van der Waals surface area contributed by atoms with Crippen molar-refractivity contribution in [2.24, 2.45) is 7.05 Å². The maximum absolute atomic E-state index is 9.20. The van der Waals surface area contributed by atoms with Crippen LogP contribution in [0.1, 0.15) is 5.69 Å². The van der Waals surface area contributed by atoms with Crippen LogP contribution < -0.4 is 0 Å². The minimum absolute atomic E-state index is 0.0581. The molecule has 4 nitrogen and oxygen atoms in total. The lowest BCUT2D eigenvalue weighted by Gasteiger charge is -2.07. The van der Waals surface area contributed by atoms with Gasteiger partial charge in [-0.3, -0.25) is 9.67 Å². The standard InChI is InChI=1S/C10H10IN3O/c1-14-10(8(11)5-13-14)7-3-2-4-12-9(7)6-15/h2-5,15H,6H2,1H3. The predicted molar refractivity (Wildman–Crippen MR) is 65.1 cm³/mol. The average Bonchev–Trinajstić information content (AvgIpc) is 2.59. The van der Waals surface area contributed by atoms with Gasteiger partial charge in [-0.25, -0.2) is 0 Å². The number of hydrogen-bond acceptors (Lipinski definition) is 3. The molecule has 2 heterocycles. The Hall–Kier alpha value is -0.950. The Bertz CT molecular complexity index is 462. The number of rotatable bonds is 2. The summed E-state index contributed by atoms with van der Waals surface area (Å²) in [5.74, 6) is 0. The van der Waals surface area contributed by atoms with E-state index in [0.717, 1.165) is 14.8 Å². The maximum Gasteiger partial charge on any atom is 0.0859 e. The SMILES string of the molecule is Cn1ncc(I)c1-c1cccnc1CO. The highest BCUT2D eigenvalue weighted by Gasteiger charge is 2.12. The Balaban J connectivity index is 2.63. The molecule has 5 heteroatoms. The molecule has 0 radical (unpaired) electrons. The Kier molecular flexibility index (Phi) is 3.01. The molecule has 0 aliphatic carbocycles. The largest absolute Gasteiger partial charge is 0.390 e. The number of hydrogen-bond donors (Lipinski definition) is 1. The molecule has 78 valence electrons. The first kappa shape index (κ1) is 10.6. The van der Waals surface area contributed by atoms with Crippen molar-refractivity contribution in [2.45, 2.75) is 6.61 Å². The quantitative estimate of drug-likeness (QED) is 0.856. The van der Waals surface area contributed by atoms with Crippen LogP contribution in [-0.4, -0.2) is 19.9 Å². The summed E-state index contributed by atoms with van der Waals surface area (Å²) in [4.78, 5) is 4.14. The van der Waals surface area contributed by atoms with E-state index in [1.807, 2.05) is 19.2 Å². The van der Waals surface area contributed by atoms with Crippen molar-refractivity contribution >= 4 is 22.6 Å². The van der Waals surface area contributed by atoms with Crippen molar-refractivity contribution in [2.75, 3.05) is 0 Å². The summed E-state index contributed by atoms with van der Waals surface area (Å²) in [5, 5.41) is 13.4. The molecule has 0 atom stereocenters. The zero-order chi connectivity index (χ0) is 10.8. The molecule has 0 fully saturated rings. The maximum atomic E-state index is 9.20. The summed E-state index contributed by atoms with van der Waals surface area (Å²) < 4.78 is 2.84. The Morgan fingerprint density at radius 2 is 2.33 bits per heavy atom. The summed E-state index contributed by atoms with van der Waals surface area (Å²) in [6, 6.07) is 3.80. The Labute approximate surface area is 101 Å². The zero-order valence-electron chi connectivity index (χ0n) is 8.18. The fourth-order valence-corrected chi connectivity index (χ4v) is 2.26. The number of aryl methyl sites for hydroxylation is 1. The van der Waals surface area contributed by atoms with Crippen molar-refractivity contribution in [1.29, 1.82) is 0 Å². The second-order valence-electron chi connectivity index (χ2n) is 3.12. The molecule has 2 aromatic heterocycles. The van der Waals surface area contributed by atoms with Gasteiger partial charge in [-0.15, -0.1) is 0 Å². The predicted octanol–water partition coefficient (Wildman–Crippen LogP) is 1.58. The van der Waals surface area contributed by atoms with Gasteiger partial charge in [-0.1, -0.05) is 0 Å². The summed E-state index contributed by atoms with van der Waals surface area (Å²) in [6.45, 7) is -0.0581. The molecule has 0 saturated carbocycles. The second kappa shape index (κ2) is 4.28. The third kappa shape index (κ3) is 1.89. The highest BCUT2D eigenvalue weighted by Crippen LogP contribution is 2.26. The number of nitrogens with zero attached hydrogens (tertiary/aromatic N) is 3. The van der Waals surface area contributed by atoms with Crippen LogP contribution in [0.3, 0.4) is 0 Å². The summed E-state index contributed by atoms with van der Waals surface area (Å²) in [6.07, 6.45) is 3.47. The monoisotopic (exact) mass is 315 g/mol. The molecule has 0 bridgehead atoms. The summed E-state index contributed by atoms with van der Waals surface area (Å²) in [7, 11) is 1.88. The van der Waals surface area contributed by atoms with Crippen molar-refractivity contribution in [3.05, 3.63) is 33.8 Å². The van der Waals surface area contributed by atoms with Crippen molar-refractivity contribution in [3.63, 3.8) is 0 Å². The van der Waals surface area contributed by atoms with E-state index >= 15 is 0 Å². The van der Waals surface area contributed by atoms with E-state index < -0.39 is 0 Å². The third-order valence-corrected chi connectivity index (χ3v) is 2.98. The van der Waals surface area contributed by atoms with Gasteiger partial charge >= 0.3 is 0 Å². The van der Waals surface area contributed by atoms with Crippen LogP contribution in [0, 0.1) is 3.57 Å². The molecule has 2 rings (SSSR count). The van der Waals surface area contributed by atoms with Crippen LogP contribution in [0.5, 0.6) is 0 Å². The lowest BCUT2D eigenvalue weighted by Crippen LogP contribution is -1.99. The number of aromatic nitrogens is 3.